The van der Waals surface area contributed by atoms with Crippen molar-refractivity contribution in [2.75, 3.05) is 11.4 Å². The van der Waals surface area contributed by atoms with Gasteiger partial charge in [-0.25, -0.2) is 4.90 Å². The summed E-state index contributed by atoms with van der Waals surface area (Å²) >= 11 is 6.39. The van der Waals surface area contributed by atoms with Crippen molar-refractivity contribution in [1.29, 1.82) is 0 Å². The maximum absolute atomic E-state index is 13.7. The Morgan fingerprint density at radius 1 is 0.844 bits per heavy atom. The zero-order chi connectivity index (χ0) is 22.8. The molecule has 0 N–H and O–H groups in total. The lowest BCUT2D eigenvalue weighted by molar-refractivity contribution is -0.120. The van der Waals surface area contributed by atoms with Crippen LogP contribution in [0.25, 0.3) is 5.57 Å². The molecule has 0 fully saturated rings. The molecule has 0 spiro atoms. The van der Waals surface area contributed by atoms with Crippen LogP contribution in [0.2, 0.25) is 5.02 Å². The molecule has 5 heteroatoms. The van der Waals surface area contributed by atoms with Gasteiger partial charge in [-0.1, -0.05) is 72.3 Å². The third-order valence-corrected chi connectivity index (χ3v) is 6.18. The van der Waals surface area contributed by atoms with Crippen molar-refractivity contribution in [3.05, 3.63) is 106 Å². The Morgan fingerprint density at radius 3 is 2.19 bits per heavy atom. The predicted molar refractivity (Wildman–Crippen MR) is 129 cm³/mol. The van der Waals surface area contributed by atoms with Crippen LogP contribution in [-0.4, -0.2) is 23.3 Å². The highest BCUT2D eigenvalue weighted by Crippen LogP contribution is 2.38. The smallest absolute Gasteiger partial charge is 0.282 e. The highest BCUT2D eigenvalue weighted by Gasteiger charge is 2.42. The number of aryl methyl sites for hydroxylation is 2. The van der Waals surface area contributed by atoms with Crippen molar-refractivity contribution in [1.82, 2.24) is 4.90 Å². The highest BCUT2D eigenvalue weighted by molar-refractivity contribution is 6.47. The minimum Gasteiger partial charge on any atom is -0.362 e. The molecule has 0 radical (unpaired) electrons. The second-order valence-corrected chi connectivity index (χ2v) is 8.33. The van der Waals surface area contributed by atoms with Gasteiger partial charge in [0, 0.05) is 13.1 Å². The summed E-state index contributed by atoms with van der Waals surface area (Å²) in [5.74, 6) is -0.707. The van der Waals surface area contributed by atoms with Crippen LogP contribution in [0.15, 0.2) is 78.5 Å². The number of para-hydroxylation sites is 1. The Labute approximate surface area is 193 Å². The quantitative estimate of drug-likeness (QED) is 0.453. The number of carbonyl (C=O) groups is 2. The van der Waals surface area contributed by atoms with Crippen molar-refractivity contribution in [2.45, 2.75) is 27.3 Å². The molecule has 4 nitrogen and oxygen atoms in total. The number of halogens is 1. The number of carbonyl (C=O) groups excluding carboxylic acids is 2. The van der Waals surface area contributed by atoms with Crippen molar-refractivity contribution >= 4 is 34.7 Å². The van der Waals surface area contributed by atoms with Gasteiger partial charge < -0.3 is 4.90 Å². The molecule has 1 aliphatic heterocycles. The molecule has 162 valence electrons. The van der Waals surface area contributed by atoms with E-state index in [0.717, 1.165) is 22.3 Å². The summed E-state index contributed by atoms with van der Waals surface area (Å²) in [6, 6.07) is 22.8. The molecule has 2 amide bonds. The molecular formula is C27H25ClN2O2. The van der Waals surface area contributed by atoms with Crippen LogP contribution >= 0.6 is 11.6 Å². The second-order valence-electron chi connectivity index (χ2n) is 7.92. The van der Waals surface area contributed by atoms with Gasteiger partial charge in [0.2, 0.25) is 0 Å². The largest absolute Gasteiger partial charge is 0.362 e. The summed E-state index contributed by atoms with van der Waals surface area (Å²) < 4.78 is 0. The molecule has 1 aliphatic rings. The summed E-state index contributed by atoms with van der Waals surface area (Å²) in [5.41, 5.74) is 5.22. The van der Waals surface area contributed by atoms with Gasteiger partial charge in [0.1, 0.15) is 5.70 Å². The molecule has 0 unspecified atom stereocenters. The maximum atomic E-state index is 13.7. The minimum atomic E-state index is -0.354. The average Bonchev–Trinajstić information content (AvgIpc) is 3.05. The van der Waals surface area contributed by atoms with E-state index in [4.69, 9.17) is 11.6 Å². The van der Waals surface area contributed by atoms with Crippen molar-refractivity contribution in [3.8, 4) is 0 Å². The van der Waals surface area contributed by atoms with Crippen LogP contribution in [0.5, 0.6) is 0 Å². The summed E-state index contributed by atoms with van der Waals surface area (Å²) in [7, 11) is 0. The van der Waals surface area contributed by atoms with Gasteiger partial charge in [0.15, 0.2) is 0 Å². The van der Waals surface area contributed by atoms with Gasteiger partial charge in [-0.2, -0.15) is 0 Å². The number of hydrogen-bond acceptors (Lipinski definition) is 3. The first-order valence-electron chi connectivity index (χ1n) is 10.7. The number of nitrogens with zero attached hydrogens (tertiary/aromatic N) is 2. The van der Waals surface area contributed by atoms with E-state index in [1.807, 2.05) is 74.2 Å². The molecule has 0 aromatic heterocycles. The number of likely N-dealkylation sites (N-methyl/N-ethyl adjacent to an activating group) is 1. The van der Waals surface area contributed by atoms with E-state index >= 15 is 0 Å². The number of anilines is 1. The summed E-state index contributed by atoms with van der Waals surface area (Å²) in [4.78, 5) is 30.6. The first kappa shape index (κ1) is 21.8. The van der Waals surface area contributed by atoms with Crippen molar-refractivity contribution in [2.24, 2.45) is 0 Å². The fourth-order valence-electron chi connectivity index (χ4n) is 3.97. The fraction of sp³-hybridized carbons (Fsp3) is 0.185. The van der Waals surface area contributed by atoms with Crippen LogP contribution in [0.1, 0.15) is 29.2 Å². The minimum absolute atomic E-state index is 0.353. The lowest BCUT2D eigenvalue weighted by Crippen LogP contribution is -2.35. The molecular weight excluding hydrogens is 420 g/mol. The number of imide groups is 1. The Morgan fingerprint density at radius 2 is 1.53 bits per heavy atom. The van der Waals surface area contributed by atoms with Crippen LogP contribution in [0.4, 0.5) is 5.69 Å². The molecule has 32 heavy (non-hydrogen) atoms. The number of amides is 2. The first-order valence-corrected chi connectivity index (χ1v) is 11.0. The number of hydrogen-bond donors (Lipinski definition) is 0. The second kappa shape index (κ2) is 9.01. The van der Waals surface area contributed by atoms with E-state index in [0.29, 0.717) is 35.1 Å². The third-order valence-electron chi connectivity index (χ3n) is 5.86. The summed E-state index contributed by atoms with van der Waals surface area (Å²) in [5, 5.41) is 0.362. The van der Waals surface area contributed by atoms with Gasteiger partial charge in [-0.15, -0.1) is 0 Å². The van der Waals surface area contributed by atoms with Crippen molar-refractivity contribution < 1.29 is 9.59 Å². The normalized spacial score (nSPS) is 13.8. The van der Waals surface area contributed by atoms with E-state index in [2.05, 4.69) is 0 Å². The van der Waals surface area contributed by atoms with Crippen molar-refractivity contribution in [3.63, 3.8) is 0 Å². The van der Waals surface area contributed by atoms with Crippen LogP contribution in [0.3, 0.4) is 0 Å². The van der Waals surface area contributed by atoms with E-state index in [1.165, 1.54) is 4.90 Å². The molecule has 4 rings (SSSR count). The Hall–Kier alpha value is -3.37. The lowest BCUT2D eigenvalue weighted by atomic mass is 9.99. The van der Waals surface area contributed by atoms with Gasteiger partial charge in [-0.05, 0) is 55.2 Å². The van der Waals surface area contributed by atoms with Gasteiger partial charge in [0.25, 0.3) is 11.8 Å². The van der Waals surface area contributed by atoms with Crippen LogP contribution < -0.4 is 4.90 Å². The fourth-order valence-corrected chi connectivity index (χ4v) is 4.19. The molecule has 0 atom stereocenters. The predicted octanol–water partition coefficient (Wildman–Crippen LogP) is 5.76. The first-order chi connectivity index (χ1) is 15.4. The Kier molecular flexibility index (Phi) is 6.15. The molecule has 0 saturated carbocycles. The zero-order valence-corrected chi connectivity index (χ0v) is 19.2. The molecule has 3 aromatic carbocycles. The molecule has 0 aliphatic carbocycles. The van der Waals surface area contributed by atoms with Gasteiger partial charge >= 0.3 is 0 Å². The van der Waals surface area contributed by atoms with Crippen LogP contribution in [-0.2, 0) is 16.1 Å². The lowest BCUT2D eigenvalue weighted by Gasteiger charge is -2.25. The molecule has 0 saturated heterocycles. The zero-order valence-electron chi connectivity index (χ0n) is 18.4. The number of benzene rings is 3. The van der Waals surface area contributed by atoms with Gasteiger partial charge in [0.05, 0.1) is 16.3 Å². The molecule has 3 aromatic rings. The van der Waals surface area contributed by atoms with E-state index in [-0.39, 0.29) is 11.8 Å². The highest BCUT2D eigenvalue weighted by atomic mass is 35.5. The van der Waals surface area contributed by atoms with Crippen LogP contribution in [0, 0.1) is 13.8 Å². The average molecular weight is 445 g/mol. The summed E-state index contributed by atoms with van der Waals surface area (Å²) in [6.45, 7) is 7.13. The number of rotatable bonds is 6. The van der Waals surface area contributed by atoms with E-state index in [9.17, 15) is 9.59 Å². The Bertz CT molecular complexity index is 1220. The van der Waals surface area contributed by atoms with Gasteiger partial charge in [-0.3, -0.25) is 9.59 Å². The topological polar surface area (TPSA) is 40.6 Å². The third kappa shape index (κ3) is 3.94. The SMILES string of the molecule is CCN(Cc1ccccc1)C1=C(c2ccc(C)c(C)c2)C(=O)N(c2ccccc2Cl)C1=O. The molecule has 1 heterocycles. The Balaban J connectivity index is 1.87. The standard InChI is InChI=1S/C27H25ClN2O2/c1-4-29(17-20-10-6-5-7-11-20)25-24(21-15-14-18(2)19(3)16-21)26(31)30(27(25)32)23-13-9-8-12-22(23)28/h5-16H,4,17H2,1-3H3. The summed E-state index contributed by atoms with van der Waals surface area (Å²) in [6.07, 6.45) is 0. The molecule has 0 bridgehead atoms. The van der Waals surface area contributed by atoms with E-state index in [1.54, 1.807) is 24.3 Å². The maximum Gasteiger partial charge on any atom is 0.282 e. The van der Waals surface area contributed by atoms with E-state index < -0.39 is 0 Å². The monoisotopic (exact) mass is 444 g/mol.